The lowest BCUT2D eigenvalue weighted by molar-refractivity contribution is -0.138. The molecular formula is C17H28F3N. The van der Waals surface area contributed by atoms with Crippen molar-refractivity contribution in [1.82, 2.24) is 4.90 Å². The van der Waals surface area contributed by atoms with Gasteiger partial charge >= 0.3 is 6.18 Å². The van der Waals surface area contributed by atoms with E-state index in [4.69, 9.17) is 0 Å². The first-order chi connectivity index (χ1) is 9.89. The highest BCUT2D eigenvalue weighted by Gasteiger charge is 2.38. The minimum atomic E-state index is -4.25. The topological polar surface area (TPSA) is 3.24 Å². The van der Waals surface area contributed by atoms with Gasteiger partial charge in [-0.05, 0) is 24.6 Å². The van der Waals surface area contributed by atoms with Gasteiger partial charge in [0, 0.05) is 19.0 Å². The second-order valence-electron chi connectivity index (χ2n) is 4.89. The lowest BCUT2D eigenvalue weighted by Crippen LogP contribution is -2.16. The smallest absolute Gasteiger partial charge is 0.305 e. The molecule has 0 unspecified atom stereocenters. The summed E-state index contributed by atoms with van der Waals surface area (Å²) < 4.78 is 38.7. The van der Waals surface area contributed by atoms with Crippen LogP contribution in [0.2, 0.25) is 0 Å². The second kappa shape index (κ2) is 9.08. The first kappa shape index (κ1) is 20.0. The summed E-state index contributed by atoms with van der Waals surface area (Å²) in [5.74, 6) is 0.251. The van der Waals surface area contributed by atoms with Crippen molar-refractivity contribution in [3.8, 4) is 0 Å². The largest absolute Gasteiger partial charge is 0.416 e. The van der Waals surface area contributed by atoms with Crippen LogP contribution in [0.3, 0.4) is 0 Å². The molecule has 0 amide bonds. The summed E-state index contributed by atoms with van der Waals surface area (Å²) in [7, 11) is 1.95. The van der Waals surface area contributed by atoms with E-state index in [1.165, 1.54) is 12.1 Å². The van der Waals surface area contributed by atoms with Gasteiger partial charge in [-0.25, -0.2) is 0 Å². The molecule has 1 aromatic carbocycles. The van der Waals surface area contributed by atoms with E-state index in [0.717, 1.165) is 6.54 Å². The summed E-state index contributed by atoms with van der Waals surface area (Å²) in [4.78, 5) is 2.09. The van der Waals surface area contributed by atoms with Crippen LogP contribution in [0.5, 0.6) is 0 Å². The quantitative estimate of drug-likeness (QED) is 0.669. The Morgan fingerprint density at radius 3 is 1.95 bits per heavy atom. The minimum Gasteiger partial charge on any atom is -0.305 e. The molecule has 21 heavy (non-hydrogen) atoms. The molecule has 1 fully saturated rings. The molecule has 1 aliphatic heterocycles. The van der Waals surface area contributed by atoms with E-state index in [2.05, 4.69) is 4.90 Å². The molecule has 122 valence electrons. The van der Waals surface area contributed by atoms with E-state index in [-0.39, 0.29) is 11.8 Å². The molecule has 1 saturated heterocycles. The summed E-state index contributed by atoms with van der Waals surface area (Å²) in [5, 5.41) is 0. The molecule has 2 atom stereocenters. The van der Waals surface area contributed by atoms with Gasteiger partial charge in [-0.3, -0.25) is 0 Å². The number of rotatable bonds is 1. The van der Waals surface area contributed by atoms with E-state index in [9.17, 15) is 13.2 Å². The van der Waals surface area contributed by atoms with Crippen LogP contribution in [0.4, 0.5) is 13.2 Å². The molecule has 0 saturated carbocycles. The van der Waals surface area contributed by atoms with Crippen LogP contribution in [-0.2, 0) is 6.18 Å². The van der Waals surface area contributed by atoms with E-state index >= 15 is 0 Å². The van der Waals surface area contributed by atoms with Gasteiger partial charge in [-0.2, -0.15) is 13.2 Å². The zero-order chi connectivity index (χ0) is 16.6. The highest BCUT2D eigenvalue weighted by molar-refractivity contribution is 5.34. The highest BCUT2D eigenvalue weighted by atomic mass is 19.4. The Balaban J connectivity index is 0.000000921. The average Bonchev–Trinajstić information content (AvgIpc) is 2.81. The van der Waals surface area contributed by atoms with Gasteiger partial charge < -0.3 is 4.90 Å². The Morgan fingerprint density at radius 2 is 1.52 bits per heavy atom. The Labute approximate surface area is 127 Å². The fourth-order valence-corrected chi connectivity index (χ4v) is 2.69. The fourth-order valence-electron chi connectivity index (χ4n) is 2.69. The third-order valence-corrected chi connectivity index (χ3v) is 3.46. The zero-order valence-corrected chi connectivity index (χ0v) is 14.0. The van der Waals surface area contributed by atoms with Crippen molar-refractivity contribution in [2.45, 2.75) is 46.7 Å². The van der Waals surface area contributed by atoms with E-state index < -0.39 is 11.7 Å². The van der Waals surface area contributed by atoms with Gasteiger partial charge in [0.15, 0.2) is 0 Å². The van der Waals surface area contributed by atoms with Crippen LogP contribution in [0, 0.1) is 5.92 Å². The number of halogens is 3. The lowest BCUT2D eigenvalue weighted by atomic mass is 9.87. The Kier molecular flexibility index (Phi) is 8.64. The van der Waals surface area contributed by atoms with Crippen molar-refractivity contribution in [1.29, 1.82) is 0 Å². The van der Waals surface area contributed by atoms with Gasteiger partial charge in [-0.1, -0.05) is 52.8 Å². The van der Waals surface area contributed by atoms with E-state index in [1.54, 1.807) is 12.1 Å². The normalized spacial score (nSPS) is 22.0. The Bertz CT molecular complexity index is 401. The third-order valence-electron chi connectivity index (χ3n) is 3.46. The number of likely N-dealkylation sites (N-methyl/N-ethyl adjacent to an activating group) is 1. The number of hydrogen-bond donors (Lipinski definition) is 0. The molecule has 1 aromatic rings. The minimum absolute atomic E-state index is 0.0159. The molecule has 1 nitrogen and oxygen atoms in total. The van der Waals surface area contributed by atoms with Crippen LogP contribution in [-0.4, -0.2) is 25.0 Å². The molecule has 4 heteroatoms. The van der Waals surface area contributed by atoms with Crippen LogP contribution >= 0.6 is 0 Å². The van der Waals surface area contributed by atoms with Crippen LogP contribution in [0.15, 0.2) is 24.3 Å². The third kappa shape index (κ3) is 5.34. The average molecular weight is 303 g/mol. The predicted molar refractivity (Wildman–Crippen MR) is 83.5 cm³/mol. The molecule has 1 heterocycles. The number of nitrogens with zero attached hydrogens (tertiary/aromatic N) is 1. The van der Waals surface area contributed by atoms with Gasteiger partial charge in [-0.15, -0.1) is 0 Å². The molecule has 0 aliphatic carbocycles. The van der Waals surface area contributed by atoms with E-state index in [1.807, 2.05) is 41.7 Å². The molecule has 0 radical (unpaired) electrons. The monoisotopic (exact) mass is 303 g/mol. The number of benzene rings is 1. The summed E-state index contributed by atoms with van der Waals surface area (Å²) in [5.41, 5.74) is -0.0380. The number of hydrogen-bond acceptors (Lipinski definition) is 1. The van der Waals surface area contributed by atoms with Gasteiger partial charge in [0.25, 0.3) is 0 Å². The molecule has 0 aromatic heterocycles. The van der Waals surface area contributed by atoms with Crippen molar-refractivity contribution in [3.63, 3.8) is 0 Å². The summed E-state index contributed by atoms with van der Waals surface area (Å²) >= 11 is 0. The zero-order valence-electron chi connectivity index (χ0n) is 14.0. The van der Waals surface area contributed by atoms with Crippen molar-refractivity contribution in [3.05, 3.63) is 35.4 Å². The van der Waals surface area contributed by atoms with Crippen molar-refractivity contribution >= 4 is 0 Å². The molecule has 0 N–H and O–H groups in total. The molecule has 1 aliphatic rings. The molecule has 0 spiro atoms. The van der Waals surface area contributed by atoms with Gasteiger partial charge in [0.05, 0.1) is 5.56 Å². The predicted octanol–water partition coefficient (Wildman–Crippen LogP) is 5.42. The maximum atomic E-state index is 12.9. The fraction of sp³-hybridized carbons (Fsp3) is 0.647. The molecular weight excluding hydrogens is 275 g/mol. The SMILES string of the molecule is CC.CC.C[C@H]1CN(C)C[C@@H]1c1ccccc1C(F)(F)F. The standard InChI is InChI=1S/C13H16F3N.2C2H6/c1-9-7-17(2)8-11(9)10-5-3-4-6-12(10)13(14,15)16;2*1-2/h3-6,9,11H,7-8H2,1-2H3;2*1-2H3/t9-,11-;;/m0../s1. The van der Waals surface area contributed by atoms with E-state index in [0.29, 0.717) is 12.1 Å². The maximum absolute atomic E-state index is 12.9. The molecule has 2 rings (SSSR count). The van der Waals surface area contributed by atoms with Crippen LogP contribution < -0.4 is 0 Å². The number of likely N-dealkylation sites (tertiary alicyclic amines) is 1. The lowest BCUT2D eigenvalue weighted by Gasteiger charge is -2.20. The van der Waals surface area contributed by atoms with Crippen molar-refractivity contribution in [2.75, 3.05) is 20.1 Å². The van der Waals surface area contributed by atoms with Crippen molar-refractivity contribution < 1.29 is 13.2 Å². The summed E-state index contributed by atoms with van der Waals surface area (Å²) in [6.07, 6.45) is -4.25. The highest BCUT2D eigenvalue weighted by Crippen LogP contribution is 2.39. The Morgan fingerprint density at radius 1 is 1.00 bits per heavy atom. The Hall–Kier alpha value is -1.03. The first-order valence-electron chi connectivity index (χ1n) is 7.74. The van der Waals surface area contributed by atoms with Gasteiger partial charge in [0.1, 0.15) is 0 Å². The second-order valence-corrected chi connectivity index (χ2v) is 4.89. The van der Waals surface area contributed by atoms with Crippen LogP contribution in [0.1, 0.15) is 51.7 Å². The first-order valence-corrected chi connectivity index (χ1v) is 7.74. The molecule has 0 bridgehead atoms. The van der Waals surface area contributed by atoms with Crippen LogP contribution in [0.25, 0.3) is 0 Å². The van der Waals surface area contributed by atoms with Gasteiger partial charge in [0.2, 0.25) is 0 Å². The van der Waals surface area contributed by atoms with Crippen molar-refractivity contribution in [2.24, 2.45) is 5.92 Å². The maximum Gasteiger partial charge on any atom is 0.416 e. The summed E-state index contributed by atoms with van der Waals surface area (Å²) in [6, 6.07) is 5.94. The summed E-state index contributed by atoms with van der Waals surface area (Å²) in [6.45, 7) is 11.6. The number of alkyl halides is 3.